The summed E-state index contributed by atoms with van der Waals surface area (Å²) in [5, 5.41) is 9.96. The number of imide groups is 2. The number of amides is 4. The second-order valence-corrected chi connectivity index (χ2v) is 7.60. The van der Waals surface area contributed by atoms with Gasteiger partial charge in [-0.25, -0.2) is 9.69 Å². The maximum Gasteiger partial charge on any atom is 0.326 e. The Morgan fingerprint density at radius 1 is 0.750 bits per heavy atom. The van der Waals surface area contributed by atoms with Crippen LogP contribution in [0, 0.1) is 0 Å². The summed E-state index contributed by atoms with van der Waals surface area (Å²) in [6.07, 6.45) is 0.0461. The Morgan fingerprint density at radius 3 is 1.59 bits per heavy atom. The van der Waals surface area contributed by atoms with Gasteiger partial charge in [0, 0.05) is 33.0 Å². The first-order valence-corrected chi connectivity index (χ1v) is 10.0. The molecular weight excluding hydrogens is 412 g/mol. The highest BCUT2D eigenvalue weighted by atomic mass is 16.4. The van der Waals surface area contributed by atoms with Crippen LogP contribution >= 0.6 is 0 Å². The molecule has 158 valence electrons. The molecule has 5 rings (SSSR count). The van der Waals surface area contributed by atoms with Gasteiger partial charge in [0.2, 0.25) is 0 Å². The number of carboxylic acids is 1. The van der Waals surface area contributed by atoms with Crippen molar-refractivity contribution in [3.05, 3.63) is 76.9 Å². The molecule has 0 radical (unpaired) electrons. The van der Waals surface area contributed by atoms with E-state index in [1.54, 1.807) is 37.3 Å². The van der Waals surface area contributed by atoms with Crippen LogP contribution in [0.3, 0.4) is 0 Å². The van der Waals surface area contributed by atoms with Crippen LogP contribution in [-0.4, -0.2) is 45.6 Å². The van der Waals surface area contributed by atoms with Gasteiger partial charge >= 0.3 is 5.97 Å². The lowest BCUT2D eigenvalue weighted by atomic mass is 9.85. The number of benzene rings is 3. The third kappa shape index (κ3) is 2.46. The summed E-state index contributed by atoms with van der Waals surface area (Å²) in [6, 6.07) is 12.9. The first kappa shape index (κ1) is 19.6. The molecule has 8 nitrogen and oxygen atoms in total. The molecule has 0 bridgehead atoms. The Bertz CT molecular complexity index is 1310. The van der Waals surface area contributed by atoms with E-state index in [1.165, 1.54) is 24.3 Å². The van der Waals surface area contributed by atoms with E-state index in [4.69, 9.17) is 0 Å². The lowest BCUT2D eigenvalue weighted by molar-refractivity contribution is -0.141. The Morgan fingerprint density at radius 2 is 1.19 bits per heavy atom. The number of carbonyl (C=O) groups excluding carboxylic acids is 4. The van der Waals surface area contributed by atoms with Crippen LogP contribution in [0.2, 0.25) is 0 Å². The minimum absolute atomic E-state index is 0.0461. The third-order valence-electron chi connectivity index (χ3n) is 5.92. The molecule has 1 atom stereocenters. The van der Waals surface area contributed by atoms with Crippen LogP contribution in [0.15, 0.2) is 54.6 Å². The molecule has 1 unspecified atom stereocenters. The van der Waals surface area contributed by atoms with Crippen LogP contribution in [0.5, 0.6) is 0 Å². The Hall–Kier alpha value is -4.33. The highest BCUT2D eigenvalue weighted by molar-refractivity contribution is 6.39. The molecule has 0 spiro atoms. The van der Waals surface area contributed by atoms with E-state index in [9.17, 15) is 29.1 Å². The van der Waals surface area contributed by atoms with Gasteiger partial charge in [-0.1, -0.05) is 25.1 Å². The minimum Gasteiger partial charge on any atom is -0.480 e. The van der Waals surface area contributed by atoms with Crippen molar-refractivity contribution in [2.75, 3.05) is 4.90 Å². The molecule has 8 heteroatoms. The van der Waals surface area contributed by atoms with Crippen LogP contribution in [0.25, 0.3) is 10.8 Å². The molecule has 32 heavy (non-hydrogen) atoms. The molecule has 2 aliphatic rings. The van der Waals surface area contributed by atoms with E-state index in [-0.39, 0.29) is 39.4 Å². The van der Waals surface area contributed by atoms with Crippen LogP contribution in [0.1, 0.15) is 54.8 Å². The van der Waals surface area contributed by atoms with Crippen molar-refractivity contribution in [1.82, 2.24) is 4.90 Å². The normalized spacial score (nSPS) is 16.0. The molecule has 0 aromatic heterocycles. The number of carboxylic acid groups (broad SMARTS) is 1. The molecule has 0 fully saturated rings. The summed E-state index contributed by atoms with van der Waals surface area (Å²) < 4.78 is 0. The van der Waals surface area contributed by atoms with Crippen molar-refractivity contribution in [2.24, 2.45) is 0 Å². The van der Waals surface area contributed by atoms with E-state index in [0.29, 0.717) is 5.69 Å². The Balaban J connectivity index is 1.75. The molecule has 0 aliphatic carbocycles. The summed E-state index contributed by atoms with van der Waals surface area (Å²) in [6.45, 7) is 1.57. The van der Waals surface area contributed by atoms with Gasteiger partial charge in [-0.3, -0.25) is 24.1 Å². The second kappa shape index (κ2) is 6.84. The monoisotopic (exact) mass is 428 g/mol. The molecule has 0 saturated heterocycles. The van der Waals surface area contributed by atoms with E-state index >= 15 is 0 Å². The summed E-state index contributed by atoms with van der Waals surface area (Å²) >= 11 is 0. The highest BCUT2D eigenvalue weighted by Crippen LogP contribution is 2.39. The fourth-order valence-corrected chi connectivity index (χ4v) is 4.46. The van der Waals surface area contributed by atoms with Gasteiger partial charge in [-0.15, -0.1) is 0 Å². The molecule has 2 heterocycles. The van der Waals surface area contributed by atoms with Crippen molar-refractivity contribution < 1.29 is 29.1 Å². The molecule has 0 saturated carbocycles. The number of rotatable bonds is 4. The average molecular weight is 428 g/mol. The SMILES string of the molecule is CCC(C(=O)O)N1C(=O)c2ccc3c4c(ccc(c24)C1=O)C(=O)N(c1ccccc1)C3=O. The standard InChI is InChI=1S/C24H16N2O6/c1-2-17(24(31)32)26-22(29)15-10-8-13-18-14(9-11-16(19(15)18)23(26)30)21(28)25(20(13)27)12-6-4-3-5-7-12/h3-11,17H,2H2,1H3,(H,31,32). The van der Waals surface area contributed by atoms with Gasteiger partial charge in [-0.05, 0) is 42.8 Å². The summed E-state index contributed by atoms with van der Waals surface area (Å²) in [5.74, 6) is -3.92. The maximum atomic E-state index is 13.3. The highest BCUT2D eigenvalue weighted by Gasteiger charge is 2.43. The van der Waals surface area contributed by atoms with Crippen molar-refractivity contribution in [1.29, 1.82) is 0 Å². The number of anilines is 1. The number of para-hydroxylation sites is 1. The fraction of sp³-hybridized carbons (Fsp3) is 0.125. The first-order valence-electron chi connectivity index (χ1n) is 10.0. The van der Waals surface area contributed by atoms with Gasteiger partial charge in [0.05, 0.1) is 5.69 Å². The molecule has 3 aromatic carbocycles. The van der Waals surface area contributed by atoms with Crippen molar-refractivity contribution >= 4 is 46.1 Å². The average Bonchev–Trinajstić information content (AvgIpc) is 2.79. The number of aliphatic carboxylic acids is 1. The largest absolute Gasteiger partial charge is 0.480 e. The van der Waals surface area contributed by atoms with Crippen molar-refractivity contribution in [3.8, 4) is 0 Å². The predicted octanol–water partition coefficient (Wildman–Crippen LogP) is 3.10. The van der Waals surface area contributed by atoms with Gasteiger partial charge in [0.1, 0.15) is 6.04 Å². The first-order chi connectivity index (χ1) is 15.4. The van der Waals surface area contributed by atoms with Crippen LogP contribution < -0.4 is 4.90 Å². The van der Waals surface area contributed by atoms with Gasteiger partial charge in [0.15, 0.2) is 0 Å². The van der Waals surface area contributed by atoms with Crippen molar-refractivity contribution in [3.63, 3.8) is 0 Å². The number of carbonyl (C=O) groups is 5. The summed E-state index contributed by atoms with van der Waals surface area (Å²) in [7, 11) is 0. The molecule has 3 aromatic rings. The van der Waals surface area contributed by atoms with E-state index in [1.807, 2.05) is 0 Å². The lowest BCUT2D eigenvalue weighted by Crippen LogP contribution is -2.50. The quantitative estimate of drug-likeness (QED) is 0.639. The van der Waals surface area contributed by atoms with Gasteiger partial charge in [-0.2, -0.15) is 0 Å². The zero-order chi connectivity index (χ0) is 22.7. The zero-order valence-corrected chi connectivity index (χ0v) is 16.9. The summed E-state index contributed by atoms with van der Waals surface area (Å²) in [5.41, 5.74) is 0.987. The molecular formula is C24H16N2O6. The predicted molar refractivity (Wildman–Crippen MR) is 114 cm³/mol. The van der Waals surface area contributed by atoms with Gasteiger partial charge in [0.25, 0.3) is 23.6 Å². The van der Waals surface area contributed by atoms with E-state index in [0.717, 1.165) is 9.80 Å². The third-order valence-corrected chi connectivity index (χ3v) is 5.92. The molecule has 2 aliphatic heterocycles. The minimum atomic E-state index is -1.32. The topological polar surface area (TPSA) is 112 Å². The van der Waals surface area contributed by atoms with Crippen LogP contribution in [-0.2, 0) is 4.79 Å². The zero-order valence-electron chi connectivity index (χ0n) is 16.9. The molecule has 1 N–H and O–H groups in total. The molecule has 4 amide bonds. The number of hydrogen-bond donors (Lipinski definition) is 1. The number of nitrogens with zero attached hydrogens (tertiary/aromatic N) is 2. The van der Waals surface area contributed by atoms with Gasteiger partial charge < -0.3 is 5.11 Å². The number of hydrogen-bond acceptors (Lipinski definition) is 5. The Labute approximate surface area is 181 Å². The fourth-order valence-electron chi connectivity index (χ4n) is 4.46. The van der Waals surface area contributed by atoms with E-state index in [2.05, 4.69) is 0 Å². The Kier molecular flexibility index (Phi) is 4.20. The lowest BCUT2D eigenvalue weighted by Gasteiger charge is -2.33. The van der Waals surface area contributed by atoms with Crippen LogP contribution in [0.4, 0.5) is 5.69 Å². The summed E-state index contributed by atoms with van der Waals surface area (Å²) in [4.78, 5) is 66.3. The smallest absolute Gasteiger partial charge is 0.326 e. The van der Waals surface area contributed by atoms with E-state index < -0.39 is 35.6 Å². The maximum absolute atomic E-state index is 13.3. The van der Waals surface area contributed by atoms with Crippen molar-refractivity contribution in [2.45, 2.75) is 19.4 Å². The second-order valence-electron chi connectivity index (χ2n) is 7.60.